The second kappa shape index (κ2) is 5.48. The van der Waals surface area contributed by atoms with Gasteiger partial charge in [0.25, 0.3) is 0 Å². The van der Waals surface area contributed by atoms with Crippen LogP contribution in [0.1, 0.15) is 0 Å². The van der Waals surface area contributed by atoms with E-state index in [9.17, 15) is 25.2 Å². The molecule has 0 saturated heterocycles. The molecule has 0 unspecified atom stereocenters. The predicted octanol–water partition coefficient (Wildman–Crippen LogP) is 1.50. The Morgan fingerprint density at radius 3 is 1.18 bits per heavy atom. The maximum atomic E-state index is 11.5. The molecule has 0 fully saturated rings. The maximum absolute atomic E-state index is 11.5. The average molecular weight is 310 g/mol. The van der Waals surface area contributed by atoms with Crippen molar-refractivity contribution in [1.82, 2.24) is 0 Å². The van der Waals surface area contributed by atoms with Gasteiger partial charge in [-0.15, -0.1) is 0 Å². The van der Waals surface area contributed by atoms with E-state index in [-0.39, 0.29) is 0 Å². The van der Waals surface area contributed by atoms with Gasteiger partial charge in [-0.3, -0.25) is 0 Å². The third-order valence-corrected chi connectivity index (χ3v) is 2.44. The normalized spacial score (nSPS) is 10.2. The molecular formula is C13H10O9. The first-order chi connectivity index (χ1) is 10.3. The lowest BCUT2D eigenvalue weighted by molar-refractivity contribution is 0.145. The third kappa shape index (κ3) is 2.98. The lowest BCUT2D eigenvalue weighted by atomic mass is 10.3. The number of ether oxygens (including phenoxy) is 2. The first-order valence-electron chi connectivity index (χ1n) is 5.67. The first-order valence-corrected chi connectivity index (χ1v) is 5.67. The quantitative estimate of drug-likeness (QED) is 0.357. The third-order valence-electron chi connectivity index (χ3n) is 2.44. The number of carbonyl (C=O) groups is 1. The summed E-state index contributed by atoms with van der Waals surface area (Å²) in [6.07, 6.45) is -1.51. The van der Waals surface area contributed by atoms with E-state index in [1.54, 1.807) is 0 Å². The van der Waals surface area contributed by atoms with Crippen LogP contribution in [-0.2, 0) is 0 Å². The molecule has 6 N–H and O–H groups in total. The molecule has 0 saturated carbocycles. The van der Waals surface area contributed by atoms with Gasteiger partial charge in [0.2, 0.25) is 11.5 Å². The van der Waals surface area contributed by atoms with E-state index in [1.165, 1.54) is 0 Å². The van der Waals surface area contributed by atoms with E-state index in [0.717, 1.165) is 24.3 Å². The molecule has 2 rings (SSSR count). The van der Waals surface area contributed by atoms with Gasteiger partial charge >= 0.3 is 6.16 Å². The molecule has 22 heavy (non-hydrogen) atoms. The van der Waals surface area contributed by atoms with Crippen LogP contribution in [-0.4, -0.2) is 36.8 Å². The fourth-order valence-corrected chi connectivity index (χ4v) is 1.56. The minimum absolute atomic E-state index is 0.468. The molecule has 0 heterocycles. The second-order valence-corrected chi connectivity index (χ2v) is 4.08. The van der Waals surface area contributed by atoms with E-state index in [1.807, 2.05) is 0 Å². The zero-order chi connectivity index (χ0) is 16.4. The molecule has 0 radical (unpaired) electrons. The van der Waals surface area contributed by atoms with Crippen molar-refractivity contribution in [2.75, 3.05) is 0 Å². The summed E-state index contributed by atoms with van der Waals surface area (Å²) >= 11 is 0. The van der Waals surface area contributed by atoms with Crippen LogP contribution in [0.25, 0.3) is 0 Å². The second-order valence-electron chi connectivity index (χ2n) is 4.08. The summed E-state index contributed by atoms with van der Waals surface area (Å²) in [5.74, 6) is -5.29. The van der Waals surface area contributed by atoms with Gasteiger partial charge in [0.05, 0.1) is 0 Å². The van der Waals surface area contributed by atoms with Crippen LogP contribution < -0.4 is 9.47 Å². The number of benzene rings is 2. The molecule has 116 valence electrons. The summed E-state index contributed by atoms with van der Waals surface area (Å²) in [7, 11) is 0. The van der Waals surface area contributed by atoms with Crippen LogP contribution in [0.15, 0.2) is 24.3 Å². The van der Waals surface area contributed by atoms with Gasteiger partial charge in [-0.05, 0) is 0 Å². The highest BCUT2D eigenvalue weighted by Gasteiger charge is 2.20. The summed E-state index contributed by atoms with van der Waals surface area (Å²) in [6.45, 7) is 0. The van der Waals surface area contributed by atoms with Gasteiger partial charge in [0.1, 0.15) is 11.5 Å². The molecular weight excluding hydrogens is 300 g/mol. The van der Waals surface area contributed by atoms with Crippen molar-refractivity contribution >= 4 is 6.16 Å². The van der Waals surface area contributed by atoms with Gasteiger partial charge in [-0.1, -0.05) is 0 Å². The van der Waals surface area contributed by atoms with E-state index >= 15 is 0 Å². The largest absolute Gasteiger partial charge is 0.519 e. The molecule has 2 aromatic rings. The van der Waals surface area contributed by atoms with Gasteiger partial charge in [-0.2, -0.15) is 0 Å². The summed E-state index contributed by atoms with van der Waals surface area (Å²) in [4.78, 5) is 11.5. The Kier molecular flexibility index (Phi) is 3.71. The molecule has 0 amide bonds. The van der Waals surface area contributed by atoms with E-state index in [4.69, 9.17) is 10.2 Å². The Labute approximate surface area is 122 Å². The number of hydrogen-bond donors (Lipinski definition) is 6. The maximum Gasteiger partial charge on any atom is 0.519 e. The van der Waals surface area contributed by atoms with Crippen molar-refractivity contribution in [2.45, 2.75) is 0 Å². The minimum Gasteiger partial charge on any atom is -0.508 e. The van der Waals surface area contributed by atoms with Crippen LogP contribution in [0, 0.1) is 0 Å². The van der Waals surface area contributed by atoms with Gasteiger partial charge in [0, 0.05) is 24.3 Å². The monoisotopic (exact) mass is 310 g/mol. The zero-order valence-electron chi connectivity index (χ0n) is 10.7. The van der Waals surface area contributed by atoms with Crippen LogP contribution in [0.3, 0.4) is 0 Å². The standard InChI is InChI=1S/C13H10O9/c14-5-1-7(16)11(8(17)2-5)21-13(20)22-12-9(18)3-6(15)4-10(12)19/h1-4,14-19H. The Morgan fingerprint density at radius 2 is 0.909 bits per heavy atom. The minimum atomic E-state index is -1.51. The van der Waals surface area contributed by atoms with Crippen molar-refractivity contribution in [1.29, 1.82) is 0 Å². The number of carbonyl (C=O) groups excluding carboxylic acids is 1. The summed E-state index contributed by atoms with van der Waals surface area (Å²) < 4.78 is 9.04. The molecule has 9 nitrogen and oxygen atoms in total. The van der Waals surface area contributed by atoms with Crippen LogP contribution in [0.2, 0.25) is 0 Å². The summed E-state index contributed by atoms with van der Waals surface area (Å²) in [5.41, 5.74) is 0. The molecule has 0 aromatic heterocycles. The van der Waals surface area contributed by atoms with Crippen LogP contribution in [0.4, 0.5) is 4.79 Å². The van der Waals surface area contributed by atoms with Gasteiger partial charge in [-0.25, -0.2) is 4.79 Å². The van der Waals surface area contributed by atoms with Crippen LogP contribution >= 0.6 is 0 Å². The summed E-state index contributed by atoms with van der Waals surface area (Å²) in [6, 6.07) is 3.21. The Balaban J connectivity index is 2.22. The first kappa shape index (κ1) is 14.9. The fourth-order valence-electron chi connectivity index (χ4n) is 1.56. The van der Waals surface area contributed by atoms with E-state index in [0.29, 0.717) is 0 Å². The summed E-state index contributed by atoms with van der Waals surface area (Å²) in [5, 5.41) is 56.0. The van der Waals surface area contributed by atoms with Crippen molar-refractivity contribution < 1.29 is 44.9 Å². The molecule has 0 bridgehead atoms. The zero-order valence-corrected chi connectivity index (χ0v) is 10.7. The van der Waals surface area contributed by atoms with Crippen molar-refractivity contribution in [3.8, 4) is 46.0 Å². The highest BCUT2D eigenvalue weighted by molar-refractivity contribution is 5.72. The SMILES string of the molecule is O=C(Oc1c(O)cc(O)cc1O)Oc1c(O)cc(O)cc1O. The van der Waals surface area contributed by atoms with Gasteiger partial charge < -0.3 is 40.1 Å². The number of hydrogen-bond acceptors (Lipinski definition) is 9. The topological polar surface area (TPSA) is 157 Å². The molecule has 2 aromatic carbocycles. The molecule has 0 atom stereocenters. The number of phenolic OH excluding ortho intramolecular Hbond substituents is 6. The number of phenols is 6. The fraction of sp³-hybridized carbons (Fsp3) is 0. The highest BCUT2D eigenvalue weighted by atomic mass is 16.7. The van der Waals surface area contributed by atoms with Gasteiger partial charge in [0.15, 0.2) is 23.0 Å². The Bertz CT molecular complexity index is 631. The smallest absolute Gasteiger partial charge is 0.508 e. The Hall–Kier alpha value is -3.49. The van der Waals surface area contributed by atoms with Crippen molar-refractivity contribution in [3.63, 3.8) is 0 Å². The van der Waals surface area contributed by atoms with Crippen molar-refractivity contribution in [3.05, 3.63) is 24.3 Å². The highest BCUT2D eigenvalue weighted by Crippen LogP contribution is 2.41. The predicted molar refractivity (Wildman–Crippen MR) is 69.5 cm³/mol. The molecule has 0 spiro atoms. The average Bonchev–Trinajstić information content (AvgIpc) is 2.38. The Morgan fingerprint density at radius 1 is 0.636 bits per heavy atom. The van der Waals surface area contributed by atoms with E-state index < -0.39 is 52.2 Å². The lowest BCUT2D eigenvalue weighted by Gasteiger charge is -2.10. The number of rotatable bonds is 2. The number of aromatic hydroxyl groups is 6. The molecule has 0 aliphatic rings. The van der Waals surface area contributed by atoms with Crippen LogP contribution in [0.5, 0.6) is 46.0 Å². The van der Waals surface area contributed by atoms with Crippen molar-refractivity contribution in [2.24, 2.45) is 0 Å². The lowest BCUT2D eigenvalue weighted by Crippen LogP contribution is -2.14. The molecule has 9 heteroatoms. The molecule has 0 aliphatic carbocycles. The van der Waals surface area contributed by atoms with E-state index in [2.05, 4.69) is 9.47 Å². The molecule has 0 aliphatic heterocycles.